The van der Waals surface area contributed by atoms with Crippen molar-refractivity contribution in [3.8, 4) is 0 Å². The minimum atomic E-state index is -1.57. The molecule has 1 aliphatic rings. The lowest BCUT2D eigenvalue weighted by molar-refractivity contribution is -0.302. The highest BCUT2D eigenvalue weighted by Crippen LogP contribution is 2.22. The summed E-state index contributed by atoms with van der Waals surface area (Å²) in [6, 6.07) is -0.822. The van der Waals surface area contributed by atoms with Crippen LogP contribution in [0, 0.1) is 0 Å². The van der Waals surface area contributed by atoms with Gasteiger partial charge in [0.2, 0.25) is 5.91 Å². The van der Waals surface area contributed by atoms with Crippen molar-refractivity contribution in [3.63, 3.8) is 0 Å². The normalized spacial score (nSPS) is 21.9. The minimum absolute atomic E-state index is 0.195. The fourth-order valence-electron chi connectivity index (χ4n) is 6.55. The molecule has 6 N–H and O–H groups in total. The van der Waals surface area contributed by atoms with Gasteiger partial charge in [-0.3, -0.25) is 4.79 Å². The first-order valence-electron chi connectivity index (χ1n) is 21.9. The van der Waals surface area contributed by atoms with E-state index in [1.165, 1.54) is 103 Å². The maximum Gasteiger partial charge on any atom is 0.220 e. The van der Waals surface area contributed by atoms with Gasteiger partial charge in [0, 0.05) is 6.42 Å². The topological polar surface area (TPSA) is 149 Å². The van der Waals surface area contributed by atoms with Crippen LogP contribution in [0.3, 0.4) is 0 Å². The van der Waals surface area contributed by atoms with E-state index < -0.39 is 49.5 Å². The molecule has 1 saturated heterocycles. The van der Waals surface area contributed by atoms with Crippen molar-refractivity contribution >= 4 is 5.91 Å². The quantitative estimate of drug-likeness (QED) is 0.0278. The maximum atomic E-state index is 12.9. The second-order valence-electron chi connectivity index (χ2n) is 15.1. The monoisotopic (exact) mass is 764 g/mol. The molecule has 7 atom stereocenters. The summed E-state index contributed by atoms with van der Waals surface area (Å²) in [5.41, 5.74) is 0. The van der Waals surface area contributed by atoms with Crippen LogP contribution in [0.5, 0.6) is 0 Å². The molecule has 0 bridgehead atoms. The van der Waals surface area contributed by atoms with Gasteiger partial charge in [-0.05, 0) is 64.2 Å². The zero-order valence-electron chi connectivity index (χ0n) is 34.2. The van der Waals surface area contributed by atoms with Gasteiger partial charge >= 0.3 is 0 Å². The summed E-state index contributed by atoms with van der Waals surface area (Å²) in [4.78, 5) is 12.9. The zero-order valence-corrected chi connectivity index (χ0v) is 34.2. The molecule has 1 heterocycles. The second kappa shape index (κ2) is 35.6. The third-order valence-corrected chi connectivity index (χ3v) is 10.1. The highest BCUT2D eigenvalue weighted by atomic mass is 16.7. The molecule has 7 unspecified atom stereocenters. The number of ether oxygens (including phenoxy) is 2. The molecule has 0 aromatic rings. The standard InChI is InChI=1S/C45H81NO8/c1-3-5-7-9-11-13-15-17-18-19-20-21-22-23-25-27-29-31-33-35-41(49)46-38(37-53-45-44(52)43(51)42(50)40(36-47)54-45)39(48)34-32-30-28-26-24-16-14-12-10-8-6-4-2/h11,13,17-18,24,26,32,34,38-40,42-45,47-48,50-52H,3-10,12,14-16,19-23,25,27-31,33,35-37H2,1-2H3,(H,46,49)/b13-11-,18-17-,26-24+,34-32+. The number of hydrogen-bond donors (Lipinski definition) is 6. The third kappa shape index (κ3) is 26.1. The molecule has 1 fully saturated rings. The Balaban J connectivity index is 2.38. The smallest absolute Gasteiger partial charge is 0.220 e. The number of aliphatic hydroxyl groups excluding tert-OH is 5. The number of nitrogens with one attached hydrogen (secondary N) is 1. The SMILES string of the molecule is CCCCC/C=C\C/C=C\CCCCCCCCCCCC(=O)NC(COC1OC(CO)C(O)C(O)C1O)C(O)/C=C/CC/C=C/CCCCCCCC. The van der Waals surface area contributed by atoms with Gasteiger partial charge in [-0.2, -0.15) is 0 Å². The highest BCUT2D eigenvalue weighted by molar-refractivity contribution is 5.76. The summed E-state index contributed by atoms with van der Waals surface area (Å²) in [5.74, 6) is -0.195. The molecule has 1 aliphatic heterocycles. The van der Waals surface area contributed by atoms with Gasteiger partial charge in [-0.15, -0.1) is 0 Å². The average molecular weight is 764 g/mol. The molecule has 1 rings (SSSR count). The van der Waals surface area contributed by atoms with Crippen molar-refractivity contribution < 1.29 is 39.8 Å². The number of hydrogen-bond acceptors (Lipinski definition) is 8. The molecule has 9 nitrogen and oxygen atoms in total. The first kappa shape index (κ1) is 50.2. The molecular weight excluding hydrogens is 682 g/mol. The van der Waals surface area contributed by atoms with Crippen LogP contribution in [0.25, 0.3) is 0 Å². The molecule has 314 valence electrons. The Hall–Kier alpha value is -1.85. The Bertz CT molecular complexity index is 983. The van der Waals surface area contributed by atoms with E-state index in [0.717, 1.165) is 51.4 Å². The van der Waals surface area contributed by atoms with Gasteiger partial charge in [0.15, 0.2) is 6.29 Å². The highest BCUT2D eigenvalue weighted by Gasteiger charge is 2.44. The molecule has 0 aromatic carbocycles. The number of aliphatic hydroxyl groups is 5. The van der Waals surface area contributed by atoms with Gasteiger partial charge in [0.05, 0.1) is 25.4 Å². The molecule has 0 aromatic heterocycles. The summed E-state index contributed by atoms with van der Waals surface area (Å²) < 4.78 is 11.2. The number of rotatable bonds is 35. The van der Waals surface area contributed by atoms with E-state index in [1.54, 1.807) is 6.08 Å². The Kier molecular flexibility index (Phi) is 33.0. The zero-order chi connectivity index (χ0) is 39.5. The summed E-state index contributed by atoms with van der Waals surface area (Å²) in [7, 11) is 0. The van der Waals surface area contributed by atoms with Gasteiger partial charge in [-0.25, -0.2) is 0 Å². The van der Waals surface area contributed by atoms with Crippen LogP contribution >= 0.6 is 0 Å². The van der Waals surface area contributed by atoms with Crippen LogP contribution < -0.4 is 5.32 Å². The van der Waals surface area contributed by atoms with Crippen LogP contribution in [0.15, 0.2) is 48.6 Å². The minimum Gasteiger partial charge on any atom is -0.394 e. The Morgan fingerprint density at radius 2 is 1.11 bits per heavy atom. The Morgan fingerprint density at radius 3 is 1.70 bits per heavy atom. The van der Waals surface area contributed by atoms with E-state index in [0.29, 0.717) is 6.42 Å². The van der Waals surface area contributed by atoms with Crippen LogP contribution in [0.4, 0.5) is 0 Å². The van der Waals surface area contributed by atoms with Crippen LogP contribution in [0.2, 0.25) is 0 Å². The van der Waals surface area contributed by atoms with Gasteiger partial charge in [0.25, 0.3) is 0 Å². The fourth-order valence-corrected chi connectivity index (χ4v) is 6.55. The van der Waals surface area contributed by atoms with E-state index in [9.17, 15) is 30.3 Å². The lowest BCUT2D eigenvalue weighted by Crippen LogP contribution is -2.60. The number of carbonyl (C=O) groups excluding carboxylic acids is 1. The van der Waals surface area contributed by atoms with Crippen molar-refractivity contribution in [3.05, 3.63) is 48.6 Å². The van der Waals surface area contributed by atoms with E-state index >= 15 is 0 Å². The molecule has 0 aliphatic carbocycles. The van der Waals surface area contributed by atoms with Crippen molar-refractivity contribution in [2.75, 3.05) is 13.2 Å². The molecule has 0 spiro atoms. The molecular formula is C45H81NO8. The van der Waals surface area contributed by atoms with E-state index in [4.69, 9.17) is 9.47 Å². The van der Waals surface area contributed by atoms with Crippen LogP contribution in [-0.4, -0.2) is 87.5 Å². The molecule has 54 heavy (non-hydrogen) atoms. The maximum absolute atomic E-state index is 12.9. The summed E-state index contributed by atoms with van der Waals surface area (Å²) in [5, 5.41) is 54.0. The Labute approximate surface area is 329 Å². The lowest BCUT2D eigenvalue weighted by atomic mass is 9.99. The van der Waals surface area contributed by atoms with Crippen LogP contribution in [-0.2, 0) is 14.3 Å². The van der Waals surface area contributed by atoms with E-state index in [1.807, 2.05) is 6.08 Å². The Morgan fingerprint density at radius 1 is 0.630 bits per heavy atom. The number of amides is 1. The largest absolute Gasteiger partial charge is 0.394 e. The predicted octanol–water partition coefficient (Wildman–Crippen LogP) is 8.67. The fraction of sp³-hybridized carbons (Fsp3) is 0.800. The first-order valence-corrected chi connectivity index (χ1v) is 21.9. The van der Waals surface area contributed by atoms with Crippen molar-refractivity contribution in [1.82, 2.24) is 5.32 Å². The van der Waals surface area contributed by atoms with Crippen molar-refractivity contribution in [2.24, 2.45) is 0 Å². The molecule has 0 radical (unpaired) electrons. The van der Waals surface area contributed by atoms with Crippen LogP contribution in [0.1, 0.15) is 174 Å². The van der Waals surface area contributed by atoms with Gasteiger partial charge < -0.3 is 40.3 Å². The number of allylic oxidation sites excluding steroid dienone is 7. The molecule has 0 saturated carbocycles. The van der Waals surface area contributed by atoms with Crippen molar-refractivity contribution in [2.45, 2.75) is 217 Å². The van der Waals surface area contributed by atoms with Crippen molar-refractivity contribution in [1.29, 1.82) is 0 Å². The third-order valence-electron chi connectivity index (χ3n) is 10.1. The summed E-state index contributed by atoms with van der Waals surface area (Å²) >= 11 is 0. The van der Waals surface area contributed by atoms with Gasteiger partial charge in [-0.1, -0.05) is 152 Å². The predicted molar refractivity (Wildman–Crippen MR) is 221 cm³/mol. The summed E-state index contributed by atoms with van der Waals surface area (Å²) in [6.07, 6.45) is 37.2. The second-order valence-corrected chi connectivity index (χ2v) is 15.1. The number of carbonyl (C=O) groups is 1. The lowest BCUT2D eigenvalue weighted by Gasteiger charge is -2.40. The summed E-state index contributed by atoms with van der Waals surface area (Å²) in [6.45, 7) is 3.69. The van der Waals surface area contributed by atoms with E-state index in [2.05, 4.69) is 55.6 Å². The van der Waals surface area contributed by atoms with E-state index in [-0.39, 0.29) is 12.5 Å². The first-order chi connectivity index (χ1) is 26.3. The molecule has 9 heteroatoms. The van der Waals surface area contributed by atoms with Gasteiger partial charge in [0.1, 0.15) is 24.4 Å². The average Bonchev–Trinajstić information content (AvgIpc) is 3.17. The number of unbranched alkanes of at least 4 members (excludes halogenated alkanes) is 19. The molecule has 1 amide bonds.